The number of rotatable bonds is 7. The first-order valence-corrected chi connectivity index (χ1v) is 7.86. The van der Waals surface area contributed by atoms with E-state index in [2.05, 4.69) is 6.92 Å². The zero-order chi connectivity index (χ0) is 15.1. The SMILES string of the molecule is CCCC1COC(CCCCc2ccc(F)c(F)c2)OC1. The highest BCUT2D eigenvalue weighted by Gasteiger charge is 2.20. The topological polar surface area (TPSA) is 18.5 Å². The summed E-state index contributed by atoms with van der Waals surface area (Å²) < 4.78 is 37.3. The minimum atomic E-state index is -0.788. The molecule has 1 saturated heterocycles. The molecule has 1 heterocycles. The lowest BCUT2D eigenvalue weighted by Crippen LogP contribution is -2.31. The Morgan fingerprint density at radius 2 is 1.81 bits per heavy atom. The molecule has 0 N–H and O–H groups in total. The Hall–Kier alpha value is -1.00. The van der Waals surface area contributed by atoms with Crippen molar-refractivity contribution in [2.75, 3.05) is 13.2 Å². The molecule has 2 rings (SSSR count). The summed E-state index contributed by atoms with van der Waals surface area (Å²) in [4.78, 5) is 0. The summed E-state index contributed by atoms with van der Waals surface area (Å²) in [6, 6.07) is 4.10. The third-order valence-corrected chi connectivity index (χ3v) is 3.87. The Bertz CT molecular complexity index is 429. The standard InChI is InChI=1S/C17H24F2O2/c1-2-5-14-11-20-17(21-12-14)7-4-3-6-13-8-9-15(18)16(19)10-13/h8-10,14,17H,2-7,11-12H2,1H3. The van der Waals surface area contributed by atoms with Crippen molar-refractivity contribution in [3.63, 3.8) is 0 Å². The van der Waals surface area contributed by atoms with Gasteiger partial charge in [-0.3, -0.25) is 0 Å². The molecule has 0 unspecified atom stereocenters. The molecule has 2 nitrogen and oxygen atoms in total. The van der Waals surface area contributed by atoms with E-state index in [1.54, 1.807) is 6.07 Å². The first-order valence-electron chi connectivity index (χ1n) is 7.86. The number of benzene rings is 1. The summed E-state index contributed by atoms with van der Waals surface area (Å²) in [5.74, 6) is -1.02. The fourth-order valence-corrected chi connectivity index (χ4v) is 2.66. The number of ether oxygens (including phenoxy) is 2. The molecule has 0 amide bonds. The molecule has 1 aromatic carbocycles. The van der Waals surface area contributed by atoms with E-state index in [-0.39, 0.29) is 6.29 Å². The second-order valence-corrected chi connectivity index (χ2v) is 5.75. The van der Waals surface area contributed by atoms with Gasteiger partial charge in [-0.15, -0.1) is 0 Å². The Kier molecular flexibility index (Phi) is 6.58. The van der Waals surface area contributed by atoms with Gasteiger partial charge >= 0.3 is 0 Å². The van der Waals surface area contributed by atoms with Crippen LogP contribution in [0, 0.1) is 17.6 Å². The van der Waals surface area contributed by atoms with Crippen LogP contribution in [0.15, 0.2) is 18.2 Å². The second kappa shape index (κ2) is 8.44. The fraction of sp³-hybridized carbons (Fsp3) is 0.647. The third-order valence-electron chi connectivity index (χ3n) is 3.87. The van der Waals surface area contributed by atoms with Crippen molar-refractivity contribution in [3.8, 4) is 0 Å². The van der Waals surface area contributed by atoms with Crippen LogP contribution in [0.3, 0.4) is 0 Å². The highest BCUT2D eigenvalue weighted by molar-refractivity contribution is 5.17. The molecule has 1 aromatic rings. The molecular formula is C17H24F2O2. The maximum Gasteiger partial charge on any atom is 0.159 e. The van der Waals surface area contributed by atoms with Gasteiger partial charge in [-0.1, -0.05) is 19.4 Å². The zero-order valence-corrected chi connectivity index (χ0v) is 12.6. The van der Waals surface area contributed by atoms with Crippen molar-refractivity contribution in [1.82, 2.24) is 0 Å². The lowest BCUT2D eigenvalue weighted by Gasteiger charge is -2.29. The summed E-state index contributed by atoms with van der Waals surface area (Å²) in [5.41, 5.74) is 0.836. The smallest absolute Gasteiger partial charge is 0.159 e. The highest BCUT2D eigenvalue weighted by Crippen LogP contribution is 2.20. The molecular weight excluding hydrogens is 274 g/mol. The van der Waals surface area contributed by atoms with E-state index in [0.717, 1.165) is 57.3 Å². The summed E-state index contributed by atoms with van der Waals surface area (Å²) >= 11 is 0. The summed E-state index contributed by atoms with van der Waals surface area (Å²) in [6.45, 7) is 3.76. The average Bonchev–Trinajstić information content (AvgIpc) is 2.49. The highest BCUT2D eigenvalue weighted by atomic mass is 19.2. The number of hydrogen-bond acceptors (Lipinski definition) is 2. The number of hydrogen-bond donors (Lipinski definition) is 0. The molecule has 0 radical (unpaired) electrons. The molecule has 21 heavy (non-hydrogen) atoms. The van der Waals surface area contributed by atoms with Crippen molar-refractivity contribution >= 4 is 0 Å². The van der Waals surface area contributed by atoms with Gasteiger partial charge < -0.3 is 9.47 Å². The quantitative estimate of drug-likeness (QED) is 0.692. The van der Waals surface area contributed by atoms with Crippen LogP contribution in [0.4, 0.5) is 8.78 Å². The number of aryl methyl sites for hydroxylation is 1. The monoisotopic (exact) mass is 298 g/mol. The van der Waals surface area contributed by atoms with Gasteiger partial charge in [0.15, 0.2) is 17.9 Å². The van der Waals surface area contributed by atoms with Gasteiger partial charge in [-0.05, 0) is 49.8 Å². The van der Waals surface area contributed by atoms with E-state index in [1.807, 2.05) is 0 Å². The van der Waals surface area contributed by atoms with Gasteiger partial charge in [0.1, 0.15) is 0 Å². The van der Waals surface area contributed by atoms with Crippen LogP contribution < -0.4 is 0 Å². The van der Waals surface area contributed by atoms with Gasteiger partial charge in [-0.2, -0.15) is 0 Å². The van der Waals surface area contributed by atoms with Crippen molar-refractivity contribution < 1.29 is 18.3 Å². The third kappa shape index (κ3) is 5.36. The van der Waals surface area contributed by atoms with Crippen LogP contribution in [0.2, 0.25) is 0 Å². The van der Waals surface area contributed by atoms with Crippen molar-refractivity contribution in [2.45, 2.75) is 51.7 Å². The fourth-order valence-electron chi connectivity index (χ4n) is 2.66. The van der Waals surface area contributed by atoms with E-state index in [4.69, 9.17) is 9.47 Å². The predicted octanol–water partition coefficient (Wildman–Crippen LogP) is 4.47. The van der Waals surface area contributed by atoms with Crippen LogP contribution in [0.25, 0.3) is 0 Å². The molecule has 1 aliphatic heterocycles. The molecule has 0 saturated carbocycles. The Balaban J connectivity index is 1.61. The van der Waals surface area contributed by atoms with Crippen LogP contribution in [-0.4, -0.2) is 19.5 Å². The molecule has 118 valence electrons. The van der Waals surface area contributed by atoms with Crippen LogP contribution in [0.1, 0.15) is 44.6 Å². The maximum absolute atomic E-state index is 13.1. The molecule has 0 bridgehead atoms. The normalized spacial score (nSPS) is 22.4. The first-order chi connectivity index (χ1) is 10.2. The van der Waals surface area contributed by atoms with Crippen LogP contribution in [0.5, 0.6) is 0 Å². The van der Waals surface area contributed by atoms with Gasteiger partial charge in [0, 0.05) is 5.92 Å². The van der Waals surface area contributed by atoms with E-state index < -0.39 is 11.6 Å². The predicted molar refractivity (Wildman–Crippen MR) is 78.0 cm³/mol. The lowest BCUT2D eigenvalue weighted by atomic mass is 10.0. The number of unbranched alkanes of at least 4 members (excludes halogenated alkanes) is 1. The van der Waals surface area contributed by atoms with Gasteiger partial charge in [-0.25, -0.2) is 8.78 Å². The Morgan fingerprint density at radius 1 is 1.05 bits per heavy atom. The molecule has 0 aromatic heterocycles. The Morgan fingerprint density at radius 3 is 2.48 bits per heavy atom. The molecule has 0 atom stereocenters. The van der Waals surface area contributed by atoms with E-state index in [0.29, 0.717) is 5.92 Å². The average molecular weight is 298 g/mol. The van der Waals surface area contributed by atoms with Crippen molar-refractivity contribution in [1.29, 1.82) is 0 Å². The van der Waals surface area contributed by atoms with E-state index in [9.17, 15) is 8.78 Å². The minimum absolute atomic E-state index is 0.0944. The second-order valence-electron chi connectivity index (χ2n) is 5.75. The molecule has 1 aliphatic rings. The molecule has 4 heteroatoms. The maximum atomic E-state index is 13.1. The van der Waals surface area contributed by atoms with Gasteiger partial charge in [0.05, 0.1) is 13.2 Å². The van der Waals surface area contributed by atoms with E-state index >= 15 is 0 Å². The van der Waals surface area contributed by atoms with Gasteiger partial charge in [0.25, 0.3) is 0 Å². The zero-order valence-electron chi connectivity index (χ0n) is 12.6. The van der Waals surface area contributed by atoms with E-state index in [1.165, 1.54) is 12.1 Å². The van der Waals surface area contributed by atoms with Crippen molar-refractivity contribution in [3.05, 3.63) is 35.4 Å². The first kappa shape index (κ1) is 16.4. The van der Waals surface area contributed by atoms with Crippen LogP contribution in [-0.2, 0) is 15.9 Å². The number of halogens is 2. The minimum Gasteiger partial charge on any atom is -0.352 e. The lowest BCUT2D eigenvalue weighted by molar-refractivity contribution is -0.204. The largest absolute Gasteiger partial charge is 0.352 e. The van der Waals surface area contributed by atoms with Crippen molar-refractivity contribution in [2.24, 2.45) is 5.92 Å². The summed E-state index contributed by atoms with van der Waals surface area (Å²) in [5, 5.41) is 0. The van der Waals surface area contributed by atoms with Crippen LogP contribution >= 0.6 is 0 Å². The summed E-state index contributed by atoms with van der Waals surface area (Å²) in [7, 11) is 0. The van der Waals surface area contributed by atoms with Gasteiger partial charge in [0.2, 0.25) is 0 Å². The Labute approximate surface area is 125 Å². The molecule has 0 spiro atoms. The summed E-state index contributed by atoms with van der Waals surface area (Å²) in [6.07, 6.45) is 5.72. The molecule has 0 aliphatic carbocycles. The molecule has 1 fully saturated rings.